The predicted octanol–water partition coefficient (Wildman–Crippen LogP) is 0.633. The van der Waals surface area contributed by atoms with Crippen LogP contribution < -0.4 is 11.1 Å². The van der Waals surface area contributed by atoms with Crippen LogP contribution in [0.3, 0.4) is 0 Å². The number of carbonyl (C=O) groups is 2. The number of ether oxygens (including phenoxy) is 1. The SMILES string of the molecule is CCOC(=O)NC(CC(C)C)C(N)=O. The standard InChI is InChI=1S/C9H18N2O3/c1-4-14-9(13)11-7(8(10)12)5-6(2)3/h6-7H,4-5H2,1-3H3,(H2,10,12)(H,11,13). The van der Waals surface area contributed by atoms with E-state index in [0.29, 0.717) is 6.42 Å². The Morgan fingerprint density at radius 2 is 2.00 bits per heavy atom. The molecular formula is C9H18N2O3. The van der Waals surface area contributed by atoms with E-state index in [1.165, 1.54) is 0 Å². The highest BCUT2D eigenvalue weighted by Gasteiger charge is 2.19. The molecule has 0 heterocycles. The maximum atomic E-state index is 11.0. The first-order valence-electron chi connectivity index (χ1n) is 4.70. The van der Waals surface area contributed by atoms with Crippen LogP contribution in [0.1, 0.15) is 27.2 Å². The zero-order valence-corrected chi connectivity index (χ0v) is 8.87. The van der Waals surface area contributed by atoms with Crippen molar-refractivity contribution in [3.05, 3.63) is 0 Å². The van der Waals surface area contributed by atoms with Crippen LogP contribution in [0.5, 0.6) is 0 Å². The third-order valence-electron chi connectivity index (χ3n) is 1.62. The second kappa shape index (κ2) is 6.23. The first kappa shape index (κ1) is 12.7. The quantitative estimate of drug-likeness (QED) is 0.686. The Labute approximate surface area is 84.0 Å². The summed E-state index contributed by atoms with van der Waals surface area (Å²) in [7, 11) is 0. The molecule has 0 spiro atoms. The van der Waals surface area contributed by atoms with Crippen LogP contribution in [0.15, 0.2) is 0 Å². The second-order valence-corrected chi connectivity index (χ2v) is 3.45. The van der Waals surface area contributed by atoms with Gasteiger partial charge >= 0.3 is 6.09 Å². The van der Waals surface area contributed by atoms with Crippen molar-refractivity contribution in [1.29, 1.82) is 0 Å². The number of nitrogens with two attached hydrogens (primary N) is 1. The van der Waals surface area contributed by atoms with Crippen molar-refractivity contribution in [2.45, 2.75) is 33.2 Å². The fourth-order valence-corrected chi connectivity index (χ4v) is 1.03. The second-order valence-electron chi connectivity index (χ2n) is 3.45. The lowest BCUT2D eigenvalue weighted by Gasteiger charge is -2.16. The first-order chi connectivity index (χ1) is 6.47. The van der Waals surface area contributed by atoms with E-state index < -0.39 is 18.0 Å². The average molecular weight is 202 g/mol. The van der Waals surface area contributed by atoms with Crippen molar-refractivity contribution in [2.75, 3.05) is 6.61 Å². The van der Waals surface area contributed by atoms with Gasteiger partial charge in [-0.25, -0.2) is 4.79 Å². The molecular weight excluding hydrogens is 184 g/mol. The summed E-state index contributed by atoms with van der Waals surface area (Å²) >= 11 is 0. The largest absolute Gasteiger partial charge is 0.450 e. The van der Waals surface area contributed by atoms with E-state index in [9.17, 15) is 9.59 Å². The Morgan fingerprint density at radius 1 is 1.43 bits per heavy atom. The monoisotopic (exact) mass is 202 g/mol. The van der Waals surface area contributed by atoms with Gasteiger partial charge in [0.15, 0.2) is 0 Å². The molecule has 0 aliphatic heterocycles. The smallest absolute Gasteiger partial charge is 0.407 e. The molecule has 1 atom stereocenters. The van der Waals surface area contributed by atoms with Gasteiger partial charge in [0.05, 0.1) is 6.61 Å². The molecule has 0 radical (unpaired) electrons. The lowest BCUT2D eigenvalue weighted by molar-refractivity contribution is -0.120. The topological polar surface area (TPSA) is 81.4 Å². The minimum atomic E-state index is -0.644. The van der Waals surface area contributed by atoms with Crippen molar-refractivity contribution in [2.24, 2.45) is 11.7 Å². The molecule has 5 heteroatoms. The minimum absolute atomic E-state index is 0.277. The average Bonchev–Trinajstić information content (AvgIpc) is 2.02. The maximum absolute atomic E-state index is 11.0. The van der Waals surface area contributed by atoms with Gasteiger partial charge in [0.1, 0.15) is 6.04 Å². The van der Waals surface area contributed by atoms with Crippen LogP contribution in [0, 0.1) is 5.92 Å². The number of nitrogens with one attached hydrogen (secondary N) is 1. The summed E-state index contributed by atoms with van der Waals surface area (Å²) in [6, 6.07) is -0.644. The zero-order chi connectivity index (χ0) is 11.1. The summed E-state index contributed by atoms with van der Waals surface area (Å²) < 4.78 is 4.65. The summed E-state index contributed by atoms with van der Waals surface area (Å²) in [5.41, 5.74) is 5.12. The van der Waals surface area contributed by atoms with E-state index in [1.54, 1.807) is 6.92 Å². The Balaban J connectivity index is 4.09. The van der Waals surface area contributed by atoms with Gasteiger partial charge in [-0.15, -0.1) is 0 Å². The highest BCUT2D eigenvalue weighted by atomic mass is 16.5. The highest BCUT2D eigenvalue weighted by Crippen LogP contribution is 2.04. The molecule has 0 aliphatic carbocycles. The van der Waals surface area contributed by atoms with E-state index in [2.05, 4.69) is 10.1 Å². The van der Waals surface area contributed by atoms with Crippen LogP contribution >= 0.6 is 0 Å². The lowest BCUT2D eigenvalue weighted by atomic mass is 10.0. The number of primary amides is 1. The fourth-order valence-electron chi connectivity index (χ4n) is 1.03. The molecule has 82 valence electrons. The van der Waals surface area contributed by atoms with Crippen LogP contribution in [0.2, 0.25) is 0 Å². The van der Waals surface area contributed by atoms with E-state index in [4.69, 9.17) is 5.73 Å². The van der Waals surface area contributed by atoms with Gasteiger partial charge in [0.25, 0.3) is 0 Å². The minimum Gasteiger partial charge on any atom is -0.450 e. The number of carbonyl (C=O) groups excluding carboxylic acids is 2. The summed E-state index contributed by atoms with van der Waals surface area (Å²) in [5.74, 6) is -0.249. The fraction of sp³-hybridized carbons (Fsp3) is 0.778. The summed E-state index contributed by atoms with van der Waals surface area (Å²) in [5, 5.41) is 2.41. The van der Waals surface area contributed by atoms with Gasteiger partial charge in [-0.2, -0.15) is 0 Å². The zero-order valence-electron chi connectivity index (χ0n) is 8.87. The number of amides is 2. The molecule has 0 aromatic rings. The molecule has 0 aromatic heterocycles. The molecule has 0 rings (SSSR count). The Kier molecular flexibility index (Phi) is 5.67. The maximum Gasteiger partial charge on any atom is 0.407 e. The molecule has 0 bridgehead atoms. The van der Waals surface area contributed by atoms with Crippen molar-refractivity contribution in [3.8, 4) is 0 Å². The van der Waals surface area contributed by atoms with Crippen LogP contribution in [0.25, 0.3) is 0 Å². The van der Waals surface area contributed by atoms with E-state index >= 15 is 0 Å². The molecule has 1 unspecified atom stereocenters. The van der Waals surface area contributed by atoms with Crippen molar-refractivity contribution >= 4 is 12.0 Å². The molecule has 0 saturated carbocycles. The van der Waals surface area contributed by atoms with Crippen molar-refractivity contribution in [1.82, 2.24) is 5.32 Å². The van der Waals surface area contributed by atoms with Crippen LogP contribution in [-0.2, 0) is 9.53 Å². The molecule has 5 nitrogen and oxygen atoms in total. The van der Waals surface area contributed by atoms with Gasteiger partial charge in [0, 0.05) is 0 Å². The molecule has 2 amide bonds. The number of hydrogen-bond donors (Lipinski definition) is 2. The van der Waals surface area contributed by atoms with Gasteiger partial charge < -0.3 is 15.8 Å². The molecule has 0 fully saturated rings. The predicted molar refractivity (Wildman–Crippen MR) is 52.6 cm³/mol. The number of rotatable bonds is 5. The molecule has 0 saturated heterocycles. The Bertz CT molecular complexity index is 204. The summed E-state index contributed by atoms with van der Waals surface area (Å²) in [4.78, 5) is 21.9. The van der Waals surface area contributed by atoms with Gasteiger partial charge in [-0.3, -0.25) is 4.79 Å². The third kappa shape index (κ3) is 5.40. The van der Waals surface area contributed by atoms with Gasteiger partial charge in [-0.05, 0) is 19.3 Å². The molecule has 3 N–H and O–H groups in total. The van der Waals surface area contributed by atoms with Gasteiger partial charge in [0.2, 0.25) is 5.91 Å². The van der Waals surface area contributed by atoms with E-state index in [1.807, 2.05) is 13.8 Å². The van der Waals surface area contributed by atoms with Crippen molar-refractivity contribution in [3.63, 3.8) is 0 Å². The highest BCUT2D eigenvalue weighted by molar-refractivity contribution is 5.84. The first-order valence-corrected chi connectivity index (χ1v) is 4.70. The molecule has 0 aliphatic rings. The van der Waals surface area contributed by atoms with Crippen LogP contribution in [0.4, 0.5) is 4.79 Å². The summed E-state index contributed by atoms with van der Waals surface area (Å²) in [6.45, 7) is 5.87. The number of alkyl carbamates (subject to hydrolysis) is 1. The Hall–Kier alpha value is -1.26. The van der Waals surface area contributed by atoms with Gasteiger partial charge in [-0.1, -0.05) is 13.8 Å². The summed E-state index contributed by atoms with van der Waals surface area (Å²) in [6.07, 6.45) is -0.0781. The molecule has 0 aromatic carbocycles. The normalized spacial score (nSPS) is 12.3. The lowest BCUT2D eigenvalue weighted by Crippen LogP contribution is -2.45. The molecule has 14 heavy (non-hydrogen) atoms. The third-order valence-corrected chi connectivity index (χ3v) is 1.62. The van der Waals surface area contributed by atoms with E-state index in [0.717, 1.165) is 0 Å². The van der Waals surface area contributed by atoms with Crippen molar-refractivity contribution < 1.29 is 14.3 Å². The Morgan fingerprint density at radius 3 is 2.36 bits per heavy atom. The van der Waals surface area contributed by atoms with Crippen LogP contribution in [-0.4, -0.2) is 24.6 Å². The van der Waals surface area contributed by atoms with E-state index in [-0.39, 0.29) is 12.5 Å². The number of hydrogen-bond acceptors (Lipinski definition) is 3.